The predicted molar refractivity (Wildman–Crippen MR) is 126 cm³/mol. The van der Waals surface area contributed by atoms with Gasteiger partial charge < -0.3 is 24.3 Å². The highest BCUT2D eigenvalue weighted by atomic mass is 16.7. The van der Waals surface area contributed by atoms with E-state index in [1.54, 1.807) is 32.4 Å². The minimum atomic E-state index is -0.845. The second-order valence-corrected chi connectivity index (χ2v) is 10.00. The van der Waals surface area contributed by atoms with Gasteiger partial charge in [0, 0.05) is 23.6 Å². The molecule has 1 amide bonds. The first-order valence-corrected chi connectivity index (χ1v) is 11.4. The largest absolute Gasteiger partial charge is 0.497 e. The standard InChI is InChI=1S/C26H27N3O5/c1-24(2)25(3)8-9-26(24,23(30)29-17-10-14(31-4)6-7-18(17)32-5)22-21(25)27-15-11-19-20(34-13-33-19)12-16(15)28-22/h6-7,10-12H,8-9,13H2,1-5H3,(H,29,30). The topological polar surface area (TPSA) is 91.8 Å². The molecule has 8 nitrogen and oxygen atoms in total. The van der Waals surface area contributed by atoms with Crippen LogP contribution in [0.2, 0.25) is 0 Å². The number of rotatable bonds is 4. The van der Waals surface area contributed by atoms with Gasteiger partial charge in [0.25, 0.3) is 0 Å². The quantitative estimate of drug-likeness (QED) is 0.618. The third-order valence-corrected chi connectivity index (χ3v) is 8.57. The van der Waals surface area contributed by atoms with Gasteiger partial charge in [-0.15, -0.1) is 0 Å². The molecule has 3 aliphatic rings. The van der Waals surface area contributed by atoms with Crippen LogP contribution < -0.4 is 24.3 Å². The molecular formula is C26H27N3O5. The van der Waals surface area contributed by atoms with Gasteiger partial charge in [-0.2, -0.15) is 0 Å². The molecule has 0 saturated heterocycles. The van der Waals surface area contributed by atoms with Crippen LogP contribution in [-0.4, -0.2) is 36.9 Å². The molecule has 176 valence electrons. The van der Waals surface area contributed by atoms with Crippen molar-refractivity contribution < 1.29 is 23.7 Å². The van der Waals surface area contributed by atoms with E-state index in [1.807, 2.05) is 12.1 Å². The fourth-order valence-corrected chi connectivity index (χ4v) is 6.14. The maximum atomic E-state index is 14.2. The summed E-state index contributed by atoms with van der Waals surface area (Å²) in [6, 6.07) is 9.09. The number of hydrogen-bond acceptors (Lipinski definition) is 7. The van der Waals surface area contributed by atoms with Crippen molar-refractivity contribution in [3.8, 4) is 23.0 Å². The lowest BCUT2D eigenvalue weighted by Crippen LogP contribution is -2.48. The smallest absolute Gasteiger partial charge is 0.237 e. The molecule has 6 rings (SSSR count). The Morgan fingerprint density at radius 3 is 2.26 bits per heavy atom. The fourth-order valence-electron chi connectivity index (χ4n) is 6.14. The van der Waals surface area contributed by atoms with E-state index in [1.165, 1.54) is 0 Å². The zero-order valence-electron chi connectivity index (χ0n) is 19.9. The minimum Gasteiger partial charge on any atom is -0.497 e. The Kier molecular flexibility index (Phi) is 4.17. The van der Waals surface area contributed by atoms with Crippen LogP contribution in [0.3, 0.4) is 0 Å². The molecule has 1 saturated carbocycles. The summed E-state index contributed by atoms with van der Waals surface area (Å²) in [6.07, 6.45) is 1.53. The van der Waals surface area contributed by atoms with Crippen molar-refractivity contribution in [1.29, 1.82) is 0 Å². The lowest BCUT2D eigenvalue weighted by molar-refractivity contribution is -0.125. The van der Waals surface area contributed by atoms with E-state index in [2.05, 4.69) is 26.1 Å². The molecule has 2 bridgehead atoms. The van der Waals surface area contributed by atoms with Gasteiger partial charge in [-0.25, -0.2) is 9.97 Å². The zero-order valence-corrected chi connectivity index (χ0v) is 19.9. The number of nitrogens with one attached hydrogen (secondary N) is 1. The number of ether oxygens (including phenoxy) is 4. The third-order valence-electron chi connectivity index (χ3n) is 8.57. The molecule has 1 N–H and O–H groups in total. The highest BCUT2D eigenvalue weighted by Gasteiger charge is 2.73. The van der Waals surface area contributed by atoms with E-state index < -0.39 is 10.8 Å². The van der Waals surface area contributed by atoms with Gasteiger partial charge in [0.05, 0.1) is 47.7 Å². The van der Waals surface area contributed by atoms with Crippen molar-refractivity contribution in [3.63, 3.8) is 0 Å². The average Bonchev–Trinajstić information content (AvgIpc) is 3.40. The Bertz CT molecular complexity index is 1370. The average molecular weight is 462 g/mol. The van der Waals surface area contributed by atoms with Crippen molar-refractivity contribution in [1.82, 2.24) is 9.97 Å². The lowest BCUT2D eigenvalue weighted by Gasteiger charge is -2.39. The van der Waals surface area contributed by atoms with E-state index >= 15 is 0 Å². The Morgan fingerprint density at radius 1 is 0.941 bits per heavy atom. The number of methoxy groups -OCH3 is 2. The molecule has 1 aromatic heterocycles. The molecule has 2 aliphatic carbocycles. The van der Waals surface area contributed by atoms with Crippen molar-refractivity contribution in [2.24, 2.45) is 5.41 Å². The molecule has 34 heavy (non-hydrogen) atoms. The first kappa shape index (κ1) is 21.0. The number of fused-ring (bicyclic) bond motifs is 7. The number of nitrogens with zero attached hydrogens (tertiary/aromatic N) is 2. The number of benzene rings is 2. The number of hydrogen-bond donors (Lipinski definition) is 1. The van der Waals surface area contributed by atoms with Crippen LogP contribution in [0.5, 0.6) is 23.0 Å². The van der Waals surface area contributed by atoms with Gasteiger partial charge in [-0.05, 0) is 30.4 Å². The molecule has 0 radical (unpaired) electrons. The molecular weight excluding hydrogens is 434 g/mol. The number of amides is 1. The second kappa shape index (κ2) is 6.74. The third kappa shape index (κ3) is 2.40. The van der Waals surface area contributed by atoms with Gasteiger partial charge >= 0.3 is 0 Å². The van der Waals surface area contributed by atoms with Crippen LogP contribution in [-0.2, 0) is 15.6 Å². The predicted octanol–water partition coefficient (Wildman–Crippen LogP) is 4.34. The molecule has 2 atom stereocenters. The molecule has 8 heteroatoms. The molecule has 1 aliphatic heterocycles. The maximum absolute atomic E-state index is 14.2. The minimum absolute atomic E-state index is 0.110. The zero-order chi connectivity index (χ0) is 23.9. The summed E-state index contributed by atoms with van der Waals surface area (Å²) in [7, 11) is 3.18. The summed E-state index contributed by atoms with van der Waals surface area (Å²) >= 11 is 0. The summed E-state index contributed by atoms with van der Waals surface area (Å²) in [6.45, 7) is 6.70. The van der Waals surface area contributed by atoms with Gasteiger partial charge in [-0.3, -0.25) is 4.79 Å². The van der Waals surface area contributed by atoms with Crippen molar-refractivity contribution in [2.45, 2.75) is 44.4 Å². The highest BCUT2D eigenvalue weighted by molar-refractivity contribution is 6.03. The monoisotopic (exact) mass is 461 g/mol. The van der Waals surface area contributed by atoms with Crippen molar-refractivity contribution in [3.05, 3.63) is 41.7 Å². The lowest BCUT2D eigenvalue weighted by atomic mass is 9.63. The van der Waals surface area contributed by atoms with Crippen LogP contribution >= 0.6 is 0 Å². The summed E-state index contributed by atoms with van der Waals surface area (Å²) in [5.41, 5.74) is 2.10. The van der Waals surface area contributed by atoms with E-state index in [4.69, 9.17) is 28.9 Å². The van der Waals surface area contributed by atoms with Gasteiger partial charge in [0.1, 0.15) is 11.5 Å². The van der Waals surface area contributed by atoms with E-state index in [0.29, 0.717) is 40.6 Å². The normalized spacial score (nSPS) is 25.3. The molecule has 2 aromatic carbocycles. The van der Waals surface area contributed by atoms with E-state index in [0.717, 1.165) is 23.3 Å². The second-order valence-electron chi connectivity index (χ2n) is 10.00. The van der Waals surface area contributed by atoms with Gasteiger partial charge in [0.2, 0.25) is 12.7 Å². The molecule has 3 aromatic rings. The molecule has 1 fully saturated rings. The summed E-state index contributed by atoms with van der Waals surface area (Å²) in [5.74, 6) is 2.42. The summed E-state index contributed by atoms with van der Waals surface area (Å²) < 4.78 is 22.0. The fraction of sp³-hybridized carbons (Fsp3) is 0.423. The van der Waals surface area contributed by atoms with Gasteiger partial charge in [-0.1, -0.05) is 20.8 Å². The van der Waals surface area contributed by atoms with Crippen molar-refractivity contribution >= 4 is 22.6 Å². The van der Waals surface area contributed by atoms with Crippen LogP contribution in [0.25, 0.3) is 11.0 Å². The maximum Gasteiger partial charge on any atom is 0.237 e. The van der Waals surface area contributed by atoms with Crippen LogP contribution in [0.1, 0.15) is 45.0 Å². The van der Waals surface area contributed by atoms with E-state index in [-0.39, 0.29) is 18.1 Å². The van der Waals surface area contributed by atoms with Gasteiger partial charge in [0.15, 0.2) is 11.5 Å². The van der Waals surface area contributed by atoms with Crippen LogP contribution in [0, 0.1) is 5.41 Å². The molecule has 2 heterocycles. The number of carbonyl (C=O) groups is 1. The molecule has 0 spiro atoms. The van der Waals surface area contributed by atoms with Crippen LogP contribution in [0.4, 0.5) is 5.69 Å². The first-order chi connectivity index (χ1) is 16.2. The summed E-state index contributed by atoms with van der Waals surface area (Å²) in [4.78, 5) is 24.3. The number of aromatic nitrogens is 2. The number of carbonyl (C=O) groups excluding carboxylic acids is 1. The molecule has 2 unspecified atom stereocenters. The van der Waals surface area contributed by atoms with E-state index in [9.17, 15) is 4.79 Å². The Balaban J connectivity index is 1.51. The highest BCUT2D eigenvalue weighted by Crippen LogP contribution is 2.70. The van der Waals surface area contributed by atoms with Crippen molar-refractivity contribution in [2.75, 3.05) is 26.3 Å². The summed E-state index contributed by atoms with van der Waals surface area (Å²) in [5, 5.41) is 3.14. The van der Waals surface area contributed by atoms with Crippen LogP contribution in [0.15, 0.2) is 30.3 Å². The first-order valence-electron chi connectivity index (χ1n) is 11.4. The Hall–Kier alpha value is -3.55. The Labute approximate surface area is 197 Å². The SMILES string of the molecule is COc1ccc(OC)c(NC(=O)C23CCC(C)(c4nc5cc6c(cc5nc42)OCO6)C3(C)C)c1. The Morgan fingerprint density at radius 2 is 1.62 bits per heavy atom. The number of anilines is 1.